The molecule has 2 N–H and O–H groups in total. The van der Waals surface area contributed by atoms with Crippen LogP contribution < -0.4 is 10.6 Å². The molecule has 0 aromatic heterocycles. The van der Waals surface area contributed by atoms with Crippen molar-refractivity contribution in [3.63, 3.8) is 0 Å². The van der Waals surface area contributed by atoms with Gasteiger partial charge < -0.3 is 10.6 Å². The quantitative estimate of drug-likeness (QED) is 0.643. The number of carbonyl (C=O) groups is 1. The van der Waals surface area contributed by atoms with Gasteiger partial charge in [0.1, 0.15) is 0 Å². The number of anilines is 1. The largest absolute Gasteiger partial charge is 0.324 e. The van der Waals surface area contributed by atoms with Crippen molar-refractivity contribution in [3.05, 3.63) is 32.8 Å². The number of nitrogens with zero attached hydrogens (tertiary/aromatic N) is 1. The van der Waals surface area contributed by atoms with Crippen LogP contribution in [0, 0.1) is 10.1 Å². The van der Waals surface area contributed by atoms with Crippen molar-refractivity contribution in [2.24, 2.45) is 0 Å². The van der Waals surface area contributed by atoms with Gasteiger partial charge in [0.25, 0.3) is 5.69 Å². The molecule has 0 heterocycles. The molecule has 1 aromatic carbocycles. The number of non-ortho nitro benzene ring substituents is 1. The van der Waals surface area contributed by atoms with Crippen molar-refractivity contribution in [2.75, 3.05) is 11.9 Å². The number of hydrogen-bond acceptors (Lipinski definition) is 4. The van der Waals surface area contributed by atoms with E-state index in [0.29, 0.717) is 16.2 Å². The van der Waals surface area contributed by atoms with Gasteiger partial charge in [-0.2, -0.15) is 0 Å². The summed E-state index contributed by atoms with van der Waals surface area (Å²) in [5.74, 6) is -0.156. The molecule has 1 amide bonds. The molecule has 96 valence electrons. The van der Waals surface area contributed by atoms with E-state index in [2.05, 4.69) is 26.6 Å². The molecular formula is C11H12BrN3O3. The fraction of sp³-hybridized carbons (Fsp3) is 0.364. The van der Waals surface area contributed by atoms with Crippen molar-refractivity contribution in [1.82, 2.24) is 5.32 Å². The van der Waals surface area contributed by atoms with Crippen molar-refractivity contribution in [3.8, 4) is 0 Å². The zero-order valence-electron chi connectivity index (χ0n) is 9.48. The van der Waals surface area contributed by atoms with Crippen LogP contribution in [0.2, 0.25) is 0 Å². The summed E-state index contributed by atoms with van der Waals surface area (Å²) in [5.41, 5.74) is 0.513. The summed E-state index contributed by atoms with van der Waals surface area (Å²) < 4.78 is 0.497. The Labute approximate surface area is 112 Å². The van der Waals surface area contributed by atoms with E-state index in [1.165, 1.54) is 18.2 Å². The molecule has 0 aliphatic heterocycles. The Morgan fingerprint density at radius 2 is 2.22 bits per heavy atom. The number of benzene rings is 1. The molecule has 0 unspecified atom stereocenters. The Balaban J connectivity index is 1.95. The fourth-order valence-electron chi connectivity index (χ4n) is 1.44. The maximum absolute atomic E-state index is 11.6. The zero-order chi connectivity index (χ0) is 13.1. The second-order valence-electron chi connectivity index (χ2n) is 4.12. The van der Waals surface area contributed by atoms with Gasteiger partial charge in [0, 0.05) is 22.6 Å². The van der Waals surface area contributed by atoms with Gasteiger partial charge in [-0.05, 0) is 34.8 Å². The Morgan fingerprint density at radius 1 is 1.50 bits per heavy atom. The number of carbonyl (C=O) groups excluding carboxylic acids is 1. The highest BCUT2D eigenvalue weighted by atomic mass is 79.9. The third-order valence-corrected chi connectivity index (χ3v) is 3.22. The van der Waals surface area contributed by atoms with Gasteiger partial charge in [-0.25, -0.2) is 0 Å². The minimum atomic E-state index is -0.481. The molecule has 0 radical (unpaired) electrons. The summed E-state index contributed by atoms with van der Waals surface area (Å²) in [6, 6.07) is 4.70. The zero-order valence-corrected chi connectivity index (χ0v) is 11.1. The molecule has 0 bridgehead atoms. The number of rotatable bonds is 5. The Morgan fingerprint density at radius 3 is 2.78 bits per heavy atom. The fourth-order valence-corrected chi connectivity index (χ4v) is 1.90. The highest BCUT2D eigenvalue weighted by Crippen LogP contribution is 2.27. The average Bonchev–Trinajstić information content (AvgIpc) is 3.13. The number of halogens is 1. The lowest BCUT2D eigenvalue weighted by Crippen LogP contribution is -2.29. The lowest BCUT2D eigenvalue weighted by atomic mass is 10.3. The second-order valence-corrected chi connectivity index (χ2v) is 4.98. The molecule has 0 saturated heterocycles. The summed E-state index contributed by atoms with van der Waals surface area (Å²) in [6.07, 6.45) is 2.24. The first kappa shape index (κ1) is 13.0. The van der Waals surface area contributed by atoms with Crippen molar-refractivity contribution in [1.29, 1.82) is 0 Å². The molecular weight excluding hydrogens is 302 g/mol. The average molecular weight is 314 g/mol. The van der Waals surface area contributed by atoms with E-state index >= 15 is 0 Å². The number of hydrogen-bond donors (Lipinski definition) is 2. The monoisotopic (exact) mass is 313 g/mol. The predicted octanol–water partition coefficient (Wildman–Crippen LogP) is 2.05. The highest BCUT2D eigenvalue weighted by molar-refractivity contribution is 9.10. The topological polar surface area (TPSA) is 84.3 Å². The number of amides is 1. The third kappa shape index (κ3) is 3.51. The Kier molecular flexibility index (Phi) is 3.93. The molecule has 0 atom stereocenters. The van der Waals surface area contributed by atoms with Gasteiger partial charge in [-0.1, -0.05) is 0 Å². The minimum Gasteiger partial charge on any atom is -0.324 e. The molecule has 1 aromatic rings. The van der Waals surface area contributed by atoms with Crippen LogP contribution >= 0.6 is 15.9 Å². The number of nitro benzene ring substituents is 1. The normalized spacial score (nSPS) is 14.3. The summed E-state index contributed by atoms with van der Waals surface area (Å²) in [4.78, 5) is 21.7. The first-order chi connectivity index (χ1) is 8.56. The van der Waals surface area contributed by atoms with E-state index < -0.39 is 4.92 Å². The third-order valence-electron chi connectivity index (χ3n) is 2.57. The van der Waals surface area contributed by atoms with Crippen LogP contribution in [0.5, 0.6) is 0 Å². The van der Waals surface area contributed by atoms with Gasteiger partial charge in [0.2, 0.25) is 5.91 Å². The lowest BCUT2D eigenvalue weighted by Gasteiger charge is -2.07. The smallest absolute Gasteiger partial charge is 0.270 e. The van der Waals surface area contributed by atoms with Crippen LogP contribution in [0.3, 0.4) is 0 Å². The highest BCUT2D eigenvalue weighted by Gasteiger charge is 2.21. The van der Waals surface area contributed by atoms with E-state index in [1.807, 2.05) is 0 Å². The lowest BCUT2D eigenvalue weighted by molar-refractivity contribution is -0.384. The molecule has 1 aliphatic rings. The van der Waals surface area contributed by atoms with E-state index in [0.717, 1.165) is 12.8 Å². The summed E-state index contributed by atoms with van der Waals surface area (Å²) in [5, 5.41) is 16.3. The van der Waals surface area contributed by atoms with Gasteiger partial charge in [0.15, 0.2) is 0 Å². The van der Waals surface area contributed by atoms with Gasteiger partial charge in [0.05, 0.1) is 17.2 Å². The number of nitro groups is 1. The van der Waals surface area contributed by atoms with Gasteiger partial charge >= 0.3 is 0 Å². The van der Waals surface area contributed by atoms with Gasteiger partial charge in [-0.15, -0.1) is 0 Å². The van der Waals surface area contributed by atoms with Crippen LogP contribution in [-0.2, 0) is 4.79 Å². The predicted molar refractivity (Wildman–Crippen MR) is 70.5 cm³/mol. The molecule has 2 rings (SSSR count). The Bertz CT molecular complexity index is 488. The van der Waals surface area contributed by atoms with Crippen LogP contribution in [0.25, 0.3) is 0 Å². The Hall–Kier alpha value is -1.47. The maximum Gasteiger partial charge on any atom is 0.270 e. The van der Waals surface area contributed by atoms with Crippen molar-refractivity contribution >= 4 is 33.2 Å². The first-order valence-electron chi connectivity index (χ1n) is 5.53. The van der Waals surface area contributed by atoms with Crippen molar-refractivity contribution < 1.29 is 9.72 Å². The number of nitrogens with one attached hydrogen (secondary N) is 2. The van der Waals surface area contributed by atoms with Gasteiger partial charge in [-0.3, -0.25) is 14.9 Å². The van der Waals surface area contributed by atoms with Crippen LogP contribution in [0.15, 0.2) is 22.7 Å². The first-order valence-corrected chi connectivity index (χ1v) is 6.33. The molecule has 1 saturated carbocycles. The molecule has 0 spiro atoms. The van der Waals surface area contributed by atoms with E-state index in [1.54, 1.807) is 0 Å². The van der Waals surface area contributed by atoms with Crippen LogP contribution in [-0.4, -0.2) is 23.4 Å². The molecule has 1 fully saturated rings. The summed E-state index contributed by atoms with van der Waals surface area (Å²) >= 11 is 3.20. The standard InChI is InChI=1S/C11H12BrN3O3/c12-9-5-8(15(17)18)3-4-10(9)14-11(16)6-13-7-1-2-7/h3-5,7,13H,1-2,6H2,(H,14,16). The van der Waals surface area contributed by atoms with Crippen LogP contribution in [0.4, 0.5) is 11.4 Å². The molecule has 6 nitrogen and oxygen atoms in total. The molecule has 7 heteroatoms. The summed E-state index contributed by atoms with van der Waals surface area (Å²) in [7, 11) is 0. The minimum absolute atomic E-state index is 0.0176. The van der Waals surface area contributed by atoms with E-state index in [9.17, 15) is 14.9 Å². The molecule has 18 heavy (non-hydrogen) atoms. The van der Waals surface area contributed by atoms with Crippen molar-refractivity contribution in [2.45, 2.75) is 18.9 Å². The molecule has 1 aliphatic carbocycles. The second kappa shape index (κ2) is 5.45. The summed E-state index contributed by atoms with van der Waals surface area (Å²) in [6.45, 7) is 0.258. The SMILES string of the molecule is O=C(CNC1CC1)Nc1ccc([N+](=O)[O-])cc1Br. The van der Waals surface area contributed by atoms with Crippen LogP contribution in [0.1, 0.15) is 12.8 Å². The van der Waals surface area contributed by atoms with E-state index in [4.69, 9.17) is 0 Å². The maximum atomic E-state index is 11.6. The van der Waals surface area contributed by atoms with E-state index in [-0.39, 0.29) is 18.1 Å².